The number of hydrogen-bond acceptors (Lipinski definition) is 18. The first kappa shape index (κ1) is 73.2. The maximum Gasteiger partial charge on any atom is 0.338 e. The minimum atomic E-state index is -4.30. The average molecular weight is 1270 g/mol. The molecule has 24 heteroatoms. The van der Waals surface area contributed by atoms with Gasteiger partial charge in [0.1, 0.15) is 34.7 Å². The van der Waals surface area contributed by atoms with E-state index in [4.69, 9.17) is 28.4 Å². The van der Waals surface area contributed by atoms with Gasteiger partial charge in [-0.05, 0) is 185 Å². The highest BCUT2D eigenvalue weighted by molar-refractivity contribution is 5.96. The van der Waals surface area contributed by atoms with Gasteiger partial charge in [0.25, 0.3) is 0 Å². The van der Waals surface area contributed by atoms with Crippen molar-refractivity contribution in [2.75, 3.05) is 0 Å². The van der Waals surface area contributed by atoms with Crippen LogP contribution in [0.5, 0.6) is 0 Å². The van der Waals surface area contributed by atoms with E-state index in [2.05, 4.69) is 0 Å². The Morgan fingerprint density at radius 2 is 0.656 bits per heavy atom. The van der Waals surface area contributed by atoms with Crippen molar-refractivity contribution >= 4 is 53.7 Å². The second-order valence-corrected chi connectivity index (χ2v) is 25.2. The van der Waals surface area contributed by atoms with Crippen LogP contribution in [-0.2, 0) is 42.8 Å². The number of benzene rings is 3. The fraction of sp³-hybridized carbons (Fsp3) is 0.591. The first-order chi connectivity index (χ1) is 42.0. The molecule has 90 heavy (non-hydrogen) atoms. The van der Waals surface area contributed by atoms with Crippen molar-refractivity contribution in [3.63, 3.8) is 0 Å². The predicted octanol–water partition coefficient (Wildman–Crippen LogP) is 10.3. The average Bonchev–Trinajstić information content (AvgIpc) is 1.41. The quantitative estimate of drug-likeness (QED) is 0.0544. The number of hydrogen-bond donors (Lipinski definition) is 0. The number of carboxylic acid groups (broad SMARTS) is 3. The lowest BCUT2D eigenvalue weighted by Gasteiger charge is -2.35. The molecular formula is C66H79F6O18-3. The summed E-state index contributed by atoms with van der Waals surface area (Å²) in [5.41, 5.74) is -1.46. The van der Waals surface area contributed by atoms with Crippen molar-refractivity contribution in [3.05, 3.63) is 106 Å². The number of carbonyl (C=O) groups excluding carboxylic acids is 9. The number of halogens is 6. The summed E-state index contributed by atoms with van der Waals surface area (Å²) in [7, 11) is 0. The minimum Gasteiger partial charge on any atom is -0.544 e. The molecule has 3 unspecified atom stereocenters. The normalized spacial score (nSPS) is 17.8. The monoisotopic (exact) mass is 1270 g/mol. The van der Waals surface area contributed by atoms with Gasteiger partial charge in [-0.1, -0.05) is 64.7 Å². The number of esters is 6. The van der Waals surface area contributed by atoms with Crippen molar-refractivity contribution in [2.45, 2.75) is 230 Å². The van der Waals surface area contributed by atoms with Crippen LogP contribution in [0.3, 0.4) is 0 Å². The number of ether oxygens (including phenoxy) is 6. The molecule has 0 N–H and O–H groups in total. The van der Waals surface area contributed by atoms with E-state index in [1.807, 2.05) is 13.8 Å². The largest absolute Gasteiger partial charge is 0.544 e. The Balaban J connectivity index is 0.000000246. The third-order valence-corrected chi connectivity index (χ3v) is 16.5. The first-order valence-electron chi connectivity index (χ1n) is 30.4. The molecule has 0 saturated heterocycles. The van der Waals surface area contributed by atoms with Crippen molar-refractivity contribution in [1.82, 2.24) is 0 Å². The van der Waals surface area contributed by atoms with Crippen LogP contribution in [0.2, 0.25) is 0 Å². The molecule has 4 aliphatic carbocycles. The molecule has 3 aromatic carbocycles. The molecule has 7 rings (SSSR count). The van der Waals surface area contributed by atoms with Gasteiger partial charge in [0.2, 0.25) is 0 Å². The van der Waals surface area contributed by atoms with Gasteiger partial charge < -0.3 is 58.1 Å². The number of carbonyl (C=O) groups is 9. The van der Waals surface area contributed by atoms with E-state index >= 15 is 0 Å². The molecule has 0 heterocycles. The van der Waals surface area contributed by atoms with Gasteiger partial charge in [-0.2, -0.15) is 26.3 Å². The summed E-state index contributed by atoms with van der Waals surface area (Å²) in [5.74, 6) is -27.8. The van der Waals surface area contributed by atoms with Crippen molar-refractivity contribution in [3.8, 4) is 0 Å². The lowest BCUT2D eigenvalue weighted by molar-refractivity contribution is -0.338. The Morgan fingerprint density at radius 3 is 0.900 bits per heavy atom. The number of carboxylic acids is 3. The molecule has 3 atom stereocenters. The van der Waals surface area contributed by atoms with Crippen molar-refractivity contribution in [2.24, 2.45) is 17.8 Å². The summed E-state index contributed by atoms with van der Waals surface area (Å²) in [6.07, 6.45) is 6.51. The van der Waals surface area contributed by atoms with E-state index in [-0.39, 0.29) is 33.4 Å². The Labute approximate surface area is 519 Å². The third kappa shape index (κ3) is 20.5. The fourth-order valence-electron chi connectivity index (χ4n) is 11.1. The molecule has 4 aliphatic rings. The molecule has 0 spiro atoms. The van der Waals surface area contributed by atoms with E-state index in [0.29, 0.717) is 83.5 Å². The molecule has 0 aliphatic heterocycles. The van der Waals surface area contributed by atoms with Crippen LogP contribution in [-0.4, -0.2) is 107 Å². The zero-order valence-corrected chi connectivity index (χ0v) is 51.7. The van der Waals surface area contributed by atoms with Crippen LogP contribution in [0, 0.1) is 17.8 Å². The molecule has 4 saturated carbocycles. The van der Waals surface area contributed by atoms with Crippen molar-refractivity contribution in [1.29, 1.82) is 0 Å². The van der Waals surface area contributed by atoms with Crippen LogP contribution >= 0.6 is 0 Å². The van der Waals surface area contributed by atoms with Gasteiger partial charge in [-0.25, -0.2) is 28.8 Å². The molecule has 0 aromatic heterocycles. The first-order valence-corrected chi connectivity index (χ1v) is 30.4. The van der Waals surface area contributed by atoms with Gasteiger partial charge in [-0.15, -0.1) is 0 Å². The van der Waals surface area contributed by atoms with E-state index in [1.165, 1.54) is 72.8 Å². The topological polar surface area (TPSA) is 278 Å². The Hall–Kier alpha value is -7.53. The zero-order valence-electron chi connectivity index (χ0n) is 51.7. The third-order valence-electron chi connectivity index (χ3n) is 16.5. The molecule has 0 radical (unpaired) electrons. The van der Waals surface area contributed by atoms with Crippen LogP contribution in [0.25, 0.3) is 0 Å². The SMILES string of the molecule is CC(C)(C)OC(=O)c1ccc(C(=O)OC(C2CCCCC2)C(F)(F)C(=O)[O-])cc1.CC1(OC(=O)c2ccc(C(=O)OC(C3CCCCC3)C(F)(F)C(=O)[O-])cc2)CCCC1.CCC(C)(C)OC(=O)c1ccc(C(=O)OC(C2CCCCC2)C(F)(F)C(=O)[O-])cc1. The van der Waals surface area contributed by atoms with Crippen LogP contribution in [0.15, 0.2) is 72.8 Å². The van der Waals surface area contributed by atoms with Crippen LogP contribution in [0.4, 0.5) is 26.3 Å². The Morgan fingerprint density at radius 1 is 0.411 bits per heavy atom. The van der Waals surface area contributed by atoms with Crippen LogP contribution in [0.1, 0.15) is 239 Å². The summed E-state index contributed by atoms with van der Waals surface area (Å²) in [5, 5.41) is 32.9. The van der Waals surface area contributed by atoms with Gasteiger partial charge in [0.05, 0.1) is 33.4 Å². The molecule has 0 bridgehead atoms. The van der Waals surface area contributed by atoms with E-state index in [1.54, 1.807) is 34.6 Å². The predicted molar refractivity (Wildman–Crippen MR) is 304 cm³/mol. The van der Waals surface area contributed by atoms with E-state index in [0.717, 1.165) is 44.9 Å². The second-order valence-electron chi connectivity index (χ2n) is 25.2. The summed E-state index contributed by atoms with van der Waals surface area (Å²) in [6.45, 7) is 12.4. The summed E-state index contributed by atoms with van der Waals surface area (Å²) >= 11 is 0. The molecule has 3 aromatic rings. The standard InChI is InChI=1S/C23H28F2O6.C22H28F2O6.C21H26F2O6/c1-22(13-5-6-14-22)31-20(27)17-11-9-16(10-12-17)19(26)30-18(23(24,25)21(28)29)15-7-3-2-4-8-15;1-4-21(2,3)30-19(26)16-12-10-15(11-13-16)18(25)29-17(22(23,24)20(27)28)14-8-6-5-7-9-14;1-20(2,3)29-18(25)15-11-9-14(10-12-15)17(24)28-16(21(22,23)19(26)27)13-7-5-4-6-8-13/h9-12,15,18H,2-8,13-14H2,1H3,(H,28,29);10-14,17H,4-9H2,1-3H3,(H,27,28);9-13,16H,4-8H2,1-3H3,(H,26,27)/p-3. The van der Waals surface area contributed by atoms with Gasteiger partial charge in [0.15, 0.2) is 18.3 Å². The highest BCUT2D eigenvalue weighted by Crippen LogP contribution is 2.40. The molecule has 18 nitrogen and oxygen atoms in total. The Kier molecular flexibility index (Phi) is 25.6. The maximum absolute atomic E-state index is 14.3. The van der Waals surface area contributed by atoms with Crippen molar-refractivity contribution < 1.29 is 113 Å². The van der Waals surface area contributed by atoms with Gasteiger partial charge >= 0.3 is 53.6 Å². The summed E-state index contributed by atoms with van der Waals surface area (Å²) < 4.78 is 116. The second kappa shape index (κ2) is 31.5. The highest BCUT2D eigenvalue weighted by Gasteiger charge is 2.51. The maximum atomic E-state index is 14.3. The number of alkyl halides is 6. The van der Waals surface area contributed by atoms with Crippen LogP contribution < -0.4 is 15.3 Å². The minimum absolute atomic E-state index is 0.0569. The lowest BCUT2D eigenvalue weighted by Crippen LogP contribution is -2.54. The molecule has 496 valence electrons. The summed E-state index contributed by atoms with van der Waals surface area (Å²) in [4.78, 5) is 107. The molecular weight excluding hydrogens is 1190 g/mol. The van der Waals surface area contributed by atoms with E-state index < -0.39 is 124 Å². The fourth-order valence-corrected chi connectivity index (χ4v) is 11.1. The zero-order chi connectivity index (χ0) is 67.0. The number of aliphatic carboxylic acids is 3. The lowest BCUT2D eigenvalue weighted by atomic mass is 9.83. The smallest absolute Gasteiger partial charge is 0.338 e. The molecule has 4 fully saturated rings. The van der Waals surface area contributed by atoms with E-state index in [9.17, 15) is 84.8 Å². The molecule has 0 amide bonds. The summed E-state index contributed by atoms with van der Waals surface area (Å²) in [6, 6.07) is 15.6. The Bertz CT molecular complexity index is 2950. The van der Waals surface area contributed by atoms with Gasteiger partial charge in [0, 0.05) is 17.8 Å². The number of rotatable bonds is 21. The highest BCUT2D eigenvalue weighted by atomic mass is 19.3. The van der Waals surface area contributed by atoms with Gasteiger partial charge in [-0.3, -0.25) is 0 Å².